The number of anilines is 2. The fourth-order valence-electron chi connectivity index (χ4n) is 6.35. The third-order valence-corrected chi connectivity index (χ3v) is 11.5. The molecule has 270 valence electrons. The van der Waals surface area contributed by atoms with E-state index in [4.69, 9.17) is 4.74 Å². The Labute approximate surface area is 300 Å². The van der Waals surface area contributed by atoms with Gasteiger partial charge in [-0.3, -0.25) is 14.4 Å². The van der Waals surface area contributed by atoms with Crippen LogP contribution in [0.4, 0.5) is 11.4 Å². The number of aliphatic carboxylic acids is 1. The maximum Gasteiger partial charge on any atom is 0.306 e. The predicted octanol–water partition coefficient (Wildman–Crippen LogP) is 7.26. The number of hydrogen-bond acceptors (Lipinski definition) is 8. The Kier molecular flexibility index (Phi) is 13.9. The molecule has 1 aliphatic rings. The van der Waals surface area contributed by atoms with Gasteiger partial charge in [-0.2, -0.15) is 0 Å². The number of rotatable bonds is 18. The number of carbonyl (C=O) groups excluding carboxylic acids is 2. The van der Waals surface area contributed by atoms with Crippen LogP contribution in [-0.2, 0) is 24.4 Å². The van der Waals surface area contributed by atoms with E-state index in [1.165, 1.54) is 17.8 Å². The van der Waals surface area contributed by atoms with Crippen molar-refractivity contribution in [2.75, 3.05) is 24.3 Å². The number of ketones is 1. The van der Waals surface area contributed by atoms with Gasteiger partial charge in [-0.1, -0.05) is 95.0 Å². The molecule has 3 aromatic carbocycles. The highest BCUT2D eigenvalue weighted by atomic mass is 32.2. The van der Waals surface area contributed by atoms with Gasteiger partial charge in [-0.15, -0.1) is 11.8 Å². The van der Waals surface area contributed by atoms with E-state index >= 15 is 0 Å². The molecule has 3 aromatic rings. The highest BCUT2D eigenvalue weighted by Crippen LogP contribution is 2.44. The average Bonchev–Trinajstić information content (AvgIpc) is 3.21. The van der Waals surface area contributed by atoms with Gasteiger partial charge >= 0.3 is 5.97 Å². The molecule has 10 nitrogen and oxygen atoms in total. The van der Waals surface area contributed by atoms with Gasteiger partial charge in [0.05, 0.1) is 22.0 Å². The summed E-state index contributed by atoms with van der Waals surface area (Å²) in [5, 5.41) is 12.3. The standard InChI is InChI=1S/C38H49N3O7S2/c1-5-8-20-38(21-9-6-2)26-41(29-18-14-11-15-19-29)30-23-33(49-4)32(24-34(30)50(46,47)40-38)48-25-35(43)39-36(28-16-12-10-13-17-28)31(42)22-27(7-3)37(44)45/h10-19,23-24,27,36,40H,5-9,20-22,25-26H2,1-4H3,(H,39,43)(H,44,45)/t27-,36-/m1/s1. The van der Waals surface area contributed by atoms with Gasteiger partial charge in [0, 0.05) is 24.7 Å². The third-order valence-electron chi connectivity index (χ3n) is 9.13. The van der Waals surface area contributed by atoms with Gasteiger partial charge in [-0.25, -0.2) is 13.1 Å². The molecule has 0 saturated heterocycles. The fraction of sp³-hybridized carbons (Fsp3) is 0.447. The van der Waals surface area contributed by atoms with Crippen LogP contribution in [0.2, 0.25) is 0 Å². The first kappa shape index (κ1) is 38.9. The molecule has 3 N–H and O–H groups in total. The SMILES string of the molecule is CCCCC1(CCCC)CN(c2ccccc2)c2cc(SC)c(OCC(=O)N[C@@H](C(=O)C[C@@H](CC)C(=O)O)c3ccccc3)cc2S(=O)(=O)N1. The monoisotopic (exact) mass is 723 g/mol. The number of thioether (sulfide) groups is 1. The quantitative estimate of drug-likeness (QED) is 0.116. The van der Waals surface area contributed by atoms with Crippen molar-refractivity contribution in [3.05, 3.63) is 78.4 Å². The minimum atomic E-state index is -4.04. The number of carbonyl (C=O) groups is 3. The summed E-state index contributed by atoms with van der Waals surface area (Å²) in [7, 11) is -4.04. The van der Waals surface area contributed by atoms with Crippen LogP contribution in [0.25, 0.3) is 0 Å². The number of nitrogens with zero attached hydrogens (tertiary/aromatic N) is 1. The summed E-state index contributed by atoms with van der Waals surface area (Å²) in [6.07, 6.45) is 6.85. The zero-order valence-electron chi connectivity index (χ0n) is 29.3. The van der Waals surface area contributed by atoms with Crippen molar-refractivity contribution in [3.8, 4) is 5.75 Å². The molecular weight excluding hydrogens is 675 g/mol. The summed E-state index contributed by atoms with van der Waals surface area (Å²) < 4.78 is 37.7. The normalized spacial score (nSPS) is 16.0. The molecule has 0 spiro atoms. The van der Waals surface area contributed by atoms with Crippen LogP contribution in [0.1, 0.15) is 83.7 Å². The number of ether oxygens (including phenoxy) is 1. The largest absolute Gasteiger partial charge is 0.483 e. The second-order valence-electron chi connectivity index (χ2n) is 12.8. The molecule has 0 radical (unpaired) electrons. The molecule has 2 atom stereocenters. The van der Waals surface area contributed by atoms with Crippen LogP contribution < -0.4 is 19.7 Å². The summed E-state index contributed by atoms with van der Waals surface area (Å²) in [6, 6.07) is 20.6. The summed E-state index contributed by atoms with van der Waals surface area (Å²) in [5.41, 5.74) is 1.22. The Bertz CT molecular complexity index is 1710. The van der Waals surface area contributed by atoms with Crippen LogP contribution in [0.15, 0.2) is 82.6 Å². The Balaban J connectivity index is 1.68. The summed E-state index contributed by atoms with van der Waals surface area (Å²) in [5.74, 6) is -2.76. The second-order valence-corrected chi connectivity index (χ2v) is 15.3. The van der Waals surface area contributed by atoms with Crippen LogP contribution >= 0.6 is 11.8 Å². The second kappa shape index (κ2) is 17.9. The van der Waals surface area contributed by atoms with Gasteiger partial charge < -0.3 is 20.1 Å². The van der Waals surface area contributed by atoms with Crippen molar-refractivity contribution in [1.29, 1.82) is 0 Å². The van der Waals surface area contributed by atoms with Gasteiger partial charge in [0.1, 0.15) is 16.7 Å². The first-order valence-electron chi connectivity index (χ1n) is 17.3. The van der Waals surface area contributed by atoms with E-state index < -0.39 is 51.8 Å². The highest BCUT2D eigenvalue weighted by Gasteiger charge is 2.42. The average molecular weight is 724 g/mol. The number of unbranched alkanes of at least 4 members (excludes halogenated alkanes) is 2. The number of benzene rings is 3. The summed E-state index contributed by atoms with van der Waals surface area (Å²) in [6.45, 7) is 5.86. The molecule has 0 aliphatic carbocycles. The Morgan fingerprint density at radius 2 is 1.60 bits per heavy atom. The Morgan fingerprint density at radius 3 is 2.16 bits per heavy atom. The van der Waals surface area contributed by atoms with Gasteiger partial charge in [-0.05, 0) is 49.3 Å². The lowest BCUT2D eigenvalue weighted by molar-refractivity contribution is -0.144. The highest BCUT2D eigenvalue weighted by molar-refractivity contribution is 7.98. The molecule has 0 fully saturated rings. The van der Waals surface area contributed by atoms with Crippen molar-refractivity contribution >= 4 is 50.8 Å². The predicted molar refractivity (Wildman–Crippen MR) is 198 cm³/mol. The molecule has 1 amide bonds. The minimum absolute atomic E-state index is 0.0565. The number of nitrogens with one attached hydrogen (secondary N) is 2. The lowest BCUT2D eigenvalue weighted by Gasteiger charge is -2.37. The van der Waals surface area contributed by atoms with Crippen LogP contribution in [0.3, 0.4) is 0 Å². The first-order valence-corrected chi connectivity index (χ1v) is 20.0. The number of amides is 1. The topological polar surface area (TPSA) is 142 Å². The molecule has 12 heteroatoms. The van der Waals surface area contributed by atoms with Crippen LogP contribution in [-0.4, -0.2) is 56.1 Å². The molecule has 1 heterocycles. The minimum Gasteiger partial charge on any atom is -0.483 e. The molecule has 1 aliphatic heterocycles. The van der Waals surface area contributed by atoms with E-state index in [9.17, 15) is 27.9 Å². The van der Waals surface area contributed by atoms with Crippen molar-refractivity contribution < 1.29 is 32.6 Å². The number of fused-ring (bicyclic) bond motifs is 1. The lowest BCUT2D eigenvalue weighted by atomic mass is 9.87. The molecular formula is C38H49N3O7S2. The van der Waals surface area contributed by atoms with E-state index in [0.29, 0.717) is 35.5 Å². The number of para-hydroxylation sites is 1. The van der Waals surface area contributed by atoms with E-state index in [1.54, 1.807) is 37.3 Å². The zero-order chi connectivity index (χ0) is 36.3. The maximum atomic E-state index is 14.3. The molecule has 4 rings (SSSR count). The number of sulfonamides is 1. The fourth-order valence-corrected chi connectivity index (χ4v) is 8.55. The van der Waals surface area contributed by atoms with Gasteiger partial charge in [0.2, 0.25) is 10.0 Å². The van der Waals surface area contributed by atoms with E-state index in [1.807, 2.05) is 42.7 Å². The van der Waals surface area contributed by atoms with E-state index in [-0.39, 0.29) is 23.5 Å². The summed E-state index contributed by atoms with van der Waals surface area (Å²) in [4.78, 5) is 41.1. The van der Waals surface area contributed by atoms with E-state index in [2.05, 4.69) is 28.8 Å². The van der Waals surface area contributed by atoms with E-state index in [0.717, 1.165) is 31.4 Å². The van der Waals surface area contributed by atoms with Crippen LogP contribution in [0.5, 0.6) is 5.75 Å². The lowest BCUT2D eigenvalue weighted by Crippen LogP contribution is -2.53. The number of hydrogen-bond donors (Lipinski definition) is 3. The number of carboxylic acid groups (broad SMARTS) is 1. The van der Waals surface area contributed by atoms with Gasteiger partial charge in [0.25, 0.3) is 5.91 Å². The Morgan fingerprint density at radius 1 is 0.980 bits per heavy atom. The Hall–Kier alpha value is -3.87. The molecule has 0 bridgehead atoms. The number of carboxylic acids is 1. The van der Waals surface area contributed by atoms with Crippen LogP contribution in [0, 0.1) is 5.92 Å². The molecule has 0 unspecified atom stereocenters. The van der Waals surface area contributed by atoms with Crippen molar-refractivity contribution in [1.82, 2.24) is 10.0 Å². The number of Topliss-reactive ketones (excluding diaryl/α,β-unsaturated/α-hetero) is 1. The van der Waals surface area contributed by atoms with Gasteiger partial charge in [0.15, 0.2) is 12.4 Å². The van der Waals surface area contributed by atoms with Crippen molar-refractivity contribution in [2.24, 2.45) is 5.92 Å². The first-order chi connectivity index (χ1) is 24.0. The zero-order valence-corrected chi connectivity index (χ0v) is 30.9. The summed E-state index contributed by atoms with van der Waals surface area (Å²) >= 11 is 1.37. The maximum absolute atomic E-state index is 14.3. The van der Waals surface area contributed by atoms with Crippen molar-refractivity contribution in [2.45, 2.75) is 93.5 Å². The molecule has 0 saturated carbocycles. The smallest absolute Gasteiger partial charge is 0.306 e. The molecule has 0 aromatic heterocycles. The van der Waals surface area contributed by atoms with Crippen molar-refractivity contribution in [3.63, 3.8) is 0 Å². The molecule has 50 heavy (non-hydrogen) atoms. The third kappa shape index (κ3) is 9.67.